The number of anilines is 1. The van der Waals surface area contributed by atoms with Gasteiger partial charge in [-0.1, -0.05) is 13.8 Å². The molecular formula is C12H17FN2. The van der Waals surface area contributed by atoms with Crippen LogP contribution in [0.25, 0.3) is 0 Å². The molecule has 2 N–H and O–H groups in total. The monoisotopic (exact) mass is 208 g/mol. The van der Waals surface area contributed by atoms with Crippen molar-refractivity contribution in [3.05, 3.63) is 29.6 Å². The molecule has 0 aliphatic carbocycles. The molecule has 1 atom stereocenters. The normalized spacial score (nSPS) is 19.8. The summed E-state index contributed by atoms with van der Waals surface area (Å²) in [5.41, 5.74) is 8.01. The molecule has 1 aliphatic rings. The molecule has 0 saturated carbocycles. The highest BCUT2D eigenvalue weighted by Crippen LogP contribution is 2.34. The van der Waals surface area contributed by atoms with Gasteiger partial charge in [-0.2, -0.15) is 0 Å². The average molecular weight is 208 g/mol. The number of rotatable bonds is 2. The molecule has 3 heteroatoms. The van der Waals surface area contributed by atoms with Crippen molar-refractivity contribution in [2.45, 2.75) is 19.9 Å². The van der Waals surface area contributed by atoms with Crippen LogP contribution in [-0.4, -0.2) is 13.1 Å². The van der Waals surface area contributed by atoms with Gasteiger partial charge in [0, 0.05) is 24.8 Å². The van der Waals surface area contributed by atoms with Gasteiger partial charge in [0.2, 0.25) is 0 Å². The van der Waals surface area contributed by atoms with E-state index in [0.717, 1.165) is 24.3 Å². The van der Waals surface area contributed by atoms with Crippen LogP contribution >= 0.6 is 0 Å². The summed E-state index contributed by atoms with van der Waals surface area (Å²) in [5.74, 6) is 0.392. The second kappa shape index (κ2) is 3.81. The Morgan fingerprint density at radius 3 is 2.93 bits per heavy atom. The number of halogens is 1. The minimum Gasteiger partial charge on any atom is -0.369 e. The van der Waals surface area contributed by atoms with Crippen LogP contribution in [0.5, 0.6) is 0 Å². The second-order valence-corrected chi connectivity index (χ2v) is 4.61. The summed E-state index contributed by atoms with van der Waals surface area (Å²) < 4.78 is 13.1. The quantitative estimate of drug-likeness (QED) is 0.808. The first-order chi connectivity index (χ1) is 7.08. The van der Waals surface area contributed by atoms with Gasteiger partial charge < -0.3 is 10.6 Å². The number of hydrogen-bond acceptors (Lipinski definition) is 2. The zero-order valence-corrected chi connectivity index (χ0v) is 9.20. The fraction of sp³-hybridized carbons (Fsp3) is 0.500. The zero-order chi connectivity index (χ0) is 11.0. The van der Waals surface area contributed by atoms with E-state index in [-0.39, 0.29) is 11.9 Å². The lowest BCUT2D eigenvalue weighted by atomic mass is 10.1. The second-order valence-electron chi connectivity index (χ2n) is 4.61. The Morgan fingerprint density at radius 1 is 1.53 bits per heavy atom. The van der Waals surface area contributed by atoms with Gasteiger partial charge in [0.1, 0.15) is 5.82 Å². The van der Waals surface area contributed by atoms with Crippen LogP contribution in [0.2, 0.25) is 0 Å². The molecule has 0 bridgehead atoms. The standard InChI is InChI=1S/C12H17FN2/c1-8(2)6-15-7-11(14)10-5-9(13)3-4-12(10)15/h3-5,8,11H,6-7,14H2,1-2H3. The van der Waals surface area contributed by atoms with E-state index in [2.05, 4.69) is 18.7 Å². The molecule has 1 heterocycles. The first-order valence-electron chi connectivity index (χ1n) is 5.38. The summed E-state index contributed by atoms with van der Waals surface area (Å²) in [6, 6.07) is 4.85. The molecule has 1 aromatic rings. The lowest BCUT2D eigenvalue weighted by molar-refractivity contribution is 0.603. The van der Waals surface area contributed by atoms with E-state index >= 15 is 0 Å². The topological polar surface area (TPSA) is 29.3 Å². The first-order valence-corrected chi connectivity index (χ1v) is 5.38. The van der Waals surface area contributed by atoms with Crippen molar-refractivity contribution in [2.24, 2.45) is 11.7 Å². The molecule has 0 aromatic heterocycles. The molecule has 0 spiro atoms. The highest BCUT2D eigenvalue weighted by Gasteiger charge is 2.26. The Kier molecular flexibility index (Phi) is 2.65. The minimum absolute atomic E-state index is 0.0468. The Labute approximate surface area is 89.9 Å². The number of benzene rings is 1. The third-order valence-corrected chi connectivity index (χ3v) is 2.73. The Morgan fingerprint density at radius 2 is 2.27 bits per heavy atom. The predicted octanol–water partition coefficient (Wildman–Crippen LogP) is 2.30. The van der Waals surface area contributed by atoms with Crippen LogP contribution in [0.3, 0.4) is 0 Å². The van der Waals surface area contributed by atoms with Gasteiger partial charge in [0.25, 0.3) is 0 Å². The Hall–Kier alpha value is -1.09. The molecule has 2 nitrogen and oxygen atoms in total. The fourth-order valence-electron chi connectivity index (χ4n) is 2.16. The maximum Gasteiger partial charge on any atom is 0.123 e. The molecule has 1 aromatic carbocycles. The van der Waals surface area contributed by atoms with E-state index in [1.54, 1.807) is 6.07 Å². The van der Waals surface area contributed by atoms with Crippen LogP contribution in [0.1, 0.15) is 25.5 Å². The maximum atomic E-state index is 13.1. The van der Waals surface area contributed by atoms with Crippen molar-refractivity contribution in [2.75, 3.05) is 18.0 Å². The molecule has 2 rings (SSSR count). The zero-order valence-electron chi connectivity index (χ0n) is 9.20. The highest BCUT2D eigenvalue weighted by atomic mass is 19.1. The van der Waals surface area contributed by atoms with E-state index in [1.165, 1.54) is 6.07 Å². The van der Waals surface area contributed by atoms with Gasteiger partial charge >= 0.3 is 0 Å². The summed E-state index contributed by atoms with van der Waals surface area (Å²) in [5, 5.41) is 0. The average Bonchev–Trinajstić information content (AvgIpc) is 2.42. The highest BCUT2D eigenvalue weighted by molar-refractivity contribution is 5.59. The van der Waals surface area contributed by atoms with Crippen molar-refractivity contribution >= 4 is 5.69 Å². The SMILES string of the molecule is CC(C)CN1CC(N)c2cc(F)ccc21. The van der Waals surface area contributed by atoms with Crippen molar-refractivity contribution in [1.82, 2.24) is 0 Å². The van der Waals surface area contributed by atoms with E-state index in [9.17, 15) is 4.39 Å². The smallest absolute Gasteiger partial charge is 0.123 e. The van der Waals surface area contributed by atoms with E-state index in [4.69, 9.17) is 5.73 Å². The van der Waals surface area contributed by atoms with Crippen molar-refractivity contribution in [3.63, 3.8) is 0 Å². The van der Waals surface area contributed by atoms with E-state index in [1.807, 2.05) is 6.07 Å². The first kappa shape index (κ1) is 10.4. The maximum absolute atomic E-state index is 13.1. The summed E-state index contributed by atoms with van der Waals surface area (Å²) in [6.45, 7) is 6.13. The van der Waals surface area contributed by atoms with Crippen molar-refractivity contribution < 1.29 is 4.39 Å². The van der Waals surface area contributed by atoms with Gasteiger partial charge in [-0.25, -0.2) is 4.39 Å². The van der Waals surface area contributed by atoms with Gasteiger partial charge in [-0.3, -0.25) is 0 Å². The minimum atomic E-state index is -0.199. The van der Waals surface area contributed by atoms with Crippen molar-refractivity contribution in [3.8, 4) is 0 Å². The Balaban J connectivity index is 2.30. The number of nitrogens with two attached hydrogens (primary N) is 1. The lowest BCUT2D eigenvalue weighted by Gasteiger charge is -2.21. The summed E-state index contributed by atoms with van der Waals surface area (Å²) in [6.07, 6.45) is 0. The number of fused-ring (bicyclic) bond motifs is 1. The predicted molar refractivity (Wildman–Crippen MR) is 60.4 cm³/mol. The molecule has 0 fully saturated rings. The number of hydrogen-bond donors (Lipinski definition) is 1. The van der Waals surface area contributed by atoms with E-state index < -0.39 is 0 Å². The van der Waals surface area contributed by atoms with Crippen LogP contribution < -0.4 is 10.6 Å². The van der Waals surface area contributed by atoms with Gasteiger partial charge in [0.05, 0.1) is 0 Å². The van der Waals surface area contributed by atoms with Gasteiger partial charge in [0.15, 0.2) is 0 Å². The molecule has 1 aliphatic heterocycles. The summed E-state index contributed by atoms with van der Waals surface area (Å²) in [7, 11) is 0. The molecular weight excluding hydrogens is 191 g/mol. The van der Waals surface area contributed by atoms with Crippen LogP contribution in [0, 0.1) is 11.7 Å². The van der Waals surface area contributed by atoms with Gasteiger partial charge in [-0.05, 0) is 29.7 Å². The fourth-order valence-corrected chi connectivity index (χ4v) is 2.16. The molecule has 82 valence electrons. The summed E-state index contributed by atoms with van der Waals surface area (Å²) >= 11 is 0. The molecule has 0 amide bonds. The lowest BCUT2D eigenvalue weighted by Crippen LogP contribution is -2.28. The van der Waals surface area contributed by atoms with Crippen LogP contribution in [0.4, 0.5) is 10.1 Å². The number of nitrogens with zero attached hydrogens (tertiary/aromatic N) is 1. The van der Waals surface area contributed by atoms with Gasteiger partial charge in [-0.15, -0.1) is 0 Å². The Bertz CT molecular complexity index is 363. The third kappa shape index (κ3) is 1.97. The largest absolute Gasteiger partial charge is 0.369 e. The van der Waals surface area contributed by atoms with E-state index in [0.29, 0.717) is 5.92 Å². The van der Waals surface area contributed by atoms with Crippen LogP contribution in [-0.2, 0) is 0 Å². The summed E-state index contributed by atoms with van der Waals surface area (Å²) in [4.78, 5) is 2.24. The molecule has 15 heavy (non-hydrogen) atoms. The molecule has 0 saturated heterocycles. The van der Waals surface area contributed by atoms with Crippen molar-refractivity contribution in [1.29, 1.82) is 0 Å². The third-order valence-electron chi connectivity index (χ3n) is 2.73. The van der Waals surface area contributed by atoms with Crippen LogP contribution in [0.15, 0.2) is 18.2 Å². The molecule has 1 unspecified atom stereocenters. The molecule has 0 radical (unpaired) electrons.